The van der Waals surface area contributed by atoms with E-state index in [0.29, 0.717) is 32.1 Å². The number of carboxylic acids is 1. The van der Waals surface area contributed by atoms with Gasteiger partial charge in [-0.05, 0) is 31.8 Å². The standard InChI is InChI=1S/C20H30O5/c1-2-17(21)11-8-5-9-14-18(22)12-6-3-4-7-13-19(23)15-10-16-20(24)25/h3-6,8-9,11-12,15,17-18,21-23H,2,7,10,13-14,16H2,1H3,(H,24,25)/b4-3+,9-5-,11-8+,12-6+,19-15-/t17-,18+/m1/s1. The van der Waals surface area contributed by atoms with E-state index in [1.54, 1.807) is 36.5 Å². The molecule has 0 heterocycles. The summed E-state index contributed by atoms with van der Waals surface area (Å²) in [6, 6.07) is 0. The Labute approximate surface area is 150 Å². The van der Waals surface area contributed by atoms with Gasteiger partial charge in [0.15, 0.2) is 0 Å². The topological polar surface area (TPSA) is 98.0 Å². The van der Waals surface area contributed by atoms with Crippen LogP contribution in [0.5, 0.6) is 0 Å². The van der Waals surface area contributed by atoms with Crippen LogP contribution in [0.15, 0.2) is 60.4 Å². The number of hydrogen-bond acceptors (Lipinski definition) is 4. The summed E-state index contributed by atoms with van der Waals surface area (Å²) >= 11 is 0. The number of aliphatic hydroxyl groups is 3. The second-order valence-electron chi connectivity index (χ2n) is 5.57. The molecule has 0 aromatic rings. The summed E-state index contributed by atoms with van der Waals surface area (Å²) in [7, 11) is 0. The van der Waals surface area contributed by atoms with Crippen molar-refractivity contribution in [1.29, 1.82) is 0 Å². The van der Waals surface area contributed by atoms with Crippen molar-refractivity contribution in [3.63, 3.8) is 0 Å². The molecule has 0 radical (unpaired) electrons. The lowest BCUT2D eigenvalue weighted by atomic mass is 10.2. The zero-order chi connectivity index (χ0) is 18.9. The SMILES string of the molecule is CC[C@@H](O)/C=C/C=C\C[C@@H](O)/C=C/C=C/CC/C(O)=C/CCC(=O)O. The highest BCUT2D eigenvalue weighted by molar-refractivity contribution is 5.66. The van der Waals surface area contributed by atoms with Crippen LogP contribution in [0.3, 0.4) is 0 Å². The van der Waals surface area contributed by atoms with Crippen LogP contribution in [-0.4, -0.2) is 38.6 Å². The van der Waals surface area contributed by atoms with Crippen molar-refractivity contribution < 1.29 is 25.2 Å². The van der Waals surface area contributed by atoms with Crippen LogP contribution in [0, 0.1) is 0 Å². The Morgan fingerprint density at radius 3 is 2.16 bits per heavy atom. The van der Waals surface area contributed by atoms with E-state index in [0.717, 1.165) is 0 Å². The summed E-state index contributed by atoms with van der Waals surface area (Å²) in [6.45, 7) is 1.90. The summed E-state index contributed by atoms with van der Waals surface area (Å²) in [4.78, 5) is 10.3. The molecule has 0 spiro atoms. The first-order chi connectivity index (χ1) is 12.0. The van der Waals surface area contributed by atoms with Crippen molar-refractivity contribution in [3.05, 3.63) is 60.4 Å². The lowest BCUT2D eigenvalue weighted by molar-refractivity contribution is -0.136. The number of rotatable bonds is 13. The summed E-state index contributed by atoms with van der Waals surface area (Å²) in [5.74, 6) is -0.682. The van der Waals surface area contributed by atoms with E-state index in [4.69, 9.17) is 5.11 Å². The lowest BCUT2D eigenvalue weighted by Gasteiger charge is -1.99. The van der Waals surface area contributed by atoms with E-state index in [-0.39, 0.29) is 12.2 Å². The molecule has 0 saturated carbocycles. The molecule has 2 atom stereocenters. The molecule has 25 heavy (non-hydrogen) atoms. The summed E-state index contributed by atoms with van der Waals surface area (Å²) in [6.07, 6.45) is 17.3. The largest absolute Gasteiger partial charge is 0.513 e. The highest BCUT2D eigenvalue weighted by Crippen LogP contribution is 2.05. The van der Waals surface area contributed by atoms with E-state index in [2.05, 4.69) is 0 Å². The minimum atomic E-state index is -0.878. The third-order valence-corrected chi connectivity index (χ3v) is 3.26. The van der Waals surface area contributed by atoms with Crippen LogP contribution in [0.25, 0.3) is 0 Å². The fourth-order valence-electron chi connectivity index (χ4n) is 1.77. The summed E-state index contributed by atoms with van der Waals surface area (Å²) in [5.41, 5.74) is 0. The van der Waals surface area contributed by atoms with Crippen LogP contribution >= 0.6 is 0 Å². The third-order valence-electron chi connectivity index (χ3n) is 3.26. The number of aliphatic carboxylic acids is 1. The van der Waals surface area contributed by atoms with Crippen molar-refractivity contribution in [2.45, 2.75) is 57.7 Å². The fourth-order valence-corrected chi connectivity index (χ4v) is 1.77. The molecular formula is C20H30O5. The number of aliphatic hydroxyl groups excluding tert-OH is 3. The summed E-state index contributed by atoms with van der Waals surface area (Å²) < 4.78 is 0. The number of carbonyl (C=O) groups is 1. The molecular weight excluding hydrogens is 320 g/mol. The molecule has 0 fully saturated rings. The van der Waals surface area contributed by atoms with Crippen LogP contribution in [-0.2, 0) is 4.79 Å². The zero-order valence-corrected chi connectivity index (χ0v) is 14.8. The molecule has 0 saturated heterocycles. The van der Waals surface area contributed by atoms with Crippen LogP contribution in [0.2, 0.25) is 0 Å². The van der Waals surface area contributed by atoms with Gasteiger partial charge in [0.1, 0.15) is 0 Å². The van der Waals surface area contributed by atoms with Crippen molar-refractivity contribution in [2.24, 2.45) is 0 Å². The number of allylic oxidation sites excluding steroid dienone is 7. The normalized spacial score (nSPS) is 15.7. The molecule has 0 aliphatic carbocycles. The van der Waals surface area contributed by atoms with Gasteiger partial charge in [-0.2, -0.15) is 0 Å². The molecule has 0 amide bonds. The maximum Gasteiger partial charge on any atom is 0.303 e. The van der Waals surface area contributed by atoms with Crippen molar-refractivity contribution in [3.8, 4) is 0 Å². The van der Waals surface area contributed by atoms with Crippen LogP contribution in [0.4, 0.5) is 0 Å². The highest BCUT2D eigenvalue weighted by Gasteiger charge is 1.96. The first kappa shape index (κ1) is 22.9. The molecule has 0 aliphatic heterocycles. The average molecular weight is 350 g/mol. The van der Waals surface area contributed by atoms with E-state index < -0.39 is 18.2 Å². The van der Waals surface area contributed by atoms with Gasteiger partial charge in [-0.3, -0.25) is 4.79 Å². The molecule has 140 valence electrons. The first-order valence-electron chi connectivity index (χ1n) is 8.58. The predicted molar refractivity (Wildman–Crippen MR) is 100 cm³/mol. The lowest BCUT2D eigenvalue weighted by Crippen LogP contribution is -1.99. The van der Waals surface area contributed by atoms with E-state index in [1.807, 2.05) is 19.1 Å². The Morgan fingerprint density at radius 2 is 1.52 bits per heavy atom. The van der Waals surface area contributed by atoms with E-state index in [1.165, 1.54) is 6.08 Å². The van der Waals surface area contributed by atoms with Gasteiger partial charge < -0.3 is 20.4 Å². The van der Waals surface area contributed by atoms with E-state index >= 15 is 0 Å². The average Bonchev–Trinajstić information content (AvgIpc) is 2.57. The molecule has 0 rings (SSSR count). The zero-order valence-electron chi connectivity index (χ0n) is 14.8. The van der Waals surface area contributed by atoms with Crippen LogP contribution < -0.4 is 0 Å². The van der Waals surface area contributed by atoms with Gasteiger partial charge in [0.2, 0.25) is 0 Å². The Kier molecular flexibility index (Phi) is 14.1. The predicted octanol–water partition coefficient (Wildman–Crippen LogP) is 3.82. The van der Waals surface area contributed by atoms with Crippen LogP contribution in [0.1, 0.15) is 45.4 Å². The van der Waals surface area contributed by atoms with Crippen molar-refractivity contribution in [1.82, 2.24) is 0 Å². The second kappa shape index (κ2) is 15.4. The van der Waals surface area contributed by atoms with Crippen molar-refractivity contribution in [2.75, 3.05) is 0 Å². The first-order valence-corrected chi connectivity index (χ1v) is 8.58. The molecule has 4 N–H and O–H groups in total. The molecule has 0 aromatic heterocycles. The minimum Gasteiger partial charge on any atom is -0.513 e. The molecule has 5 heteroatoms. The van der Waals surface area contributed by atoms with Gasteiger partial charge in [-0.25, -0.2) is 0 Å². The molecule has 0 aromatic carbocycles. The quantitative estimate of drug-likeness (QED) is 0.299. The second-order valence-corrected chi connectivity index (χ2v) is 5.57. The van der Waals surface area contributed by atoms with Gasteiger partial charge in [-0.15, -0.1) is 0 Å². The van der Waals surface area contributed by atoms with Gasteiger partial charge in [0, 0.05) is 12.8 Å². The molecule has 0 bridgehead atoms. The third kappa shape index (κ3) is 16.5. The maximum atomic E-state index is 10.3. The Hall–Kier alpha value is -2.11. The fraction of sp³-hybridized carbons (Fsp3) is 0.450. The van der Waals surface area contributed by atoms with Gasteiger partial charge in [0.05, 0.1) is 18.0 Å². The van der Waals surface area contributed by atoms with Gasteiger partial charge >= 0.3 is 5.97 Å². The Balaban J connectivity index is 3.91. The highest BCUT2D eigenvalue weighted by atomic mass is 16.4. The number of carboxylic acid groups (broad SMARTS) is 1. The molecule has 5 nitrogen and oxygen atoms in total. The van der Waals surface area contributed by atoms with Crippen molar-refractivity contribution >= 4 is 5.97 Å². The molecule has 0 unspecified atom stereocenters. The monoisotopic (exact) mass is 350 g/mol. The summed E-state index contributed by atoms with van der Waals surface area (Å²) in [5, 5.41) is 37.1. The van der Waals surface area contributed by atoms with Gasteiger partial charge in [0.25, 0.3) is 0 Å². The smallest absolute Gasteiger partial charge is 0.303 e. The van der Waals surface area contributed by atoms with Gasteiger partial charge in [-0.1, -0.05) is 55.5 Å². The molecule has 0 aliphatic rings. The minimum absolute atomic E-state index is 0.0178. The maximum absolute atomic E-state index is 10.3. The Bertz CT molecular complexity index is 500. The number of hydrogen-bond donors (Lipinski definition) is 4. The Morgan fingerprint density at radius 1 is 0.880 bits per heavy atom. The van der Waals surface area contributed by atoms with E-state index in [9.17, 15) is 20.1 Å².